The average molecular weight is 207 g/mol. The summed E-state index contributed by atoms with van der Waals surface area (Å²) in [6.07, 6.45) is 3.10. The second kappa shape index (κ2) is 3.63. The molecule has 2 heterocycles. The van der Waals surface area contributed by atoms with Crippen molar-refractivity contribution in [2.75, 3.05) is 5.73 Å². The molecule has 0 saturated heterocycles. The molecule has 2 aromatic heterocycles. The summed E-state index contributed by atoms with van der Waals surface area (Å²) in [5, 5.41) is 2.01. The van der Waals surface area contributed by atoms with Gasteiger partial charge < -0.3 is 10.3 Å². The lowest BCUT2D eigenvalue weighted by Crippen LogP contribution is -2.15. The average Bonchev–Trinajstić information content (AvgIpc) is 2.64. The highest BCUT2D eigenvalue weighted by Gasteiger charge is 1.98. The van der Waals surface area contributed by atoms with Crippen molar-refractivity contribution in [3.8, 4) is 0 Å². The number of anilines is 1. The number of aromatic nitrogens is 2. The lowest BCUT2D eigenvalue weighted by Gasteiger charge is -2.03. The van der Waals surface area contributed by atoms with Gasteiger partial charge in [-0.25, -0.2) is 0 Å². The van der Waals surface area contributed by atoms with Crippen molar-refractivity contribution < 1.29 is 0 Å². The molecule has 0 radical (unpaired) electrons. The summed E-state index contributed by atoms with van der Waals surface area (Å²) in [4.78, 5) is 15.8. The molecule has 2 rings (SSSR count). The van der Waals surface area contributed by atoms with Crippen LogP contribution < -0.4 is 11.3 Å². The van der Waals surface area contributed by atoms with Crippen LogP contribution in [0.25, 0.3) is 0 Å². The number of hydrogen-bond acceptors (Lipinski definition) is 4. The summed E-state index contributed by atoms with van der Waals surface area (Å²) in [6.45, 7) is 0.704. The van der Waals surface area contributed by atoms with Gasteiger partial charge in [0.05, 0.1) is 12.9 Å². The van der Waals surface area contributed by atoms with Crippen LogP contribution in [0.3, 0.4) is 0 Å². The first kappa shape index (κ1) is 8.96. The first-order chi connectivity index (χ1) is 6.75. The van der Waals surface area contributed by atoms with E-state index in [1.54, 1.807) is 22.1 Å². The molecular formula is C9H9N3OS. The quantitative estimate of drug-likeness (QED) is 0.797. The van der Waals surface area contributed by atoms with Crippen LogP contribution >= 0.6 is 11.3 Å². The van der Waals surface area contributed by atoms with Crippen LogP contribution in [0, 0.1) is 0 Å². The Hall–Kier alpha value is -1.62. The third-order valence-electron chi connectivity index (χ3n) is 1.79. The summed E-state index contributed by atoms with van der Waals surface area (Å²) in [6, 6.07) is 4.01. The van der Waals surface area contributed by atoms with Crippen molar-refractivity contribution in [3.63, 3.8) is 0 Å². The van der Waals surface area contributed by atoms with E-state index in [0.29, 0.717) is 6.54 Å². The molecule has 0 saturated carbocycles. The molecule has 0 aliphatic heterocycles. The van der Waals surface area contributed by atoms with Crippen LogP contribution in [0.1, 0.15) is 4.88 Å². The van der Waals surface area contributed by atoms with Crippen LogP contribution in [0.2, 0.25) is 0 Å². The van der Waals surface area contributed by atoms with Crippen molar-refractivity contribution in [1.29, 1.82) is 0 Å². The SMILES string of the molecule is Nc1cn(Cc2cccs2)cnc1=O. The van der Waals surface area contributed by atoms with Crippen LogP contribution in [-0.2, 0) is 6.54 Å². The molecule has 0 unspecified atom stereocenters. The molecule has 72 valence electrons. The van der Waals surface area contributed by atoms with Gasteiger partial charge in [-0.2, -0.15) is 4.98 Å². The third kappa shape index (κ3) is 1.82. The molecule has 4 nitrogen and oxygen atoms in total. The highest BCUT2D eigenvalue weighted by Crippen LogP contribution is 2.09. The maximum absolute atomic E-state index is 10.9. The highest BCUT2D eigenvalue weighted by molar-refractivity contribution is 7.09. The molecule has 0 aromatic carbocycles. The Bertz CT molecular complexity index is 475. The van der Waals surface area contributed by atoms with Crippen molar-refractivity contribution in [2.45, 2.75) is 6.54 Å². The van der Waals surface area contributed by atoms with Crippen LogP contribution in [0.4, 0.5) is 5.69 Å². The van der Waals surface area contributed by atoms with Gasteiger partial charge in [-0.15, -0.1) is 11.3 Å². The fourth-order valence-corrected chi connectivity index (χ4v) is 1.85. The summed E-state index contributed by atoms with van der Waals surface area (Å²) in [5.41, 5.74) is 5.27. The monoisotopic (exact) mass is 207 g/mol. The Labute approximate surface area is 84.6 Å². The Kier molecular flexibility index (Phi) is 2.32. The van der Waals surface area contributed by atoms with E-state index in [1.165, 1.54) is 11.2 Å². The predicted octanol–water partition coefficient (Wildman–Crippen LogP) is 0.935. The van der Waals surface area contributed by atoms with Crippen molar-refractivity contribution in [1.82, 2.24) is 9.55 Å². The molecule has 0 spiro atoms. The minimum atomic E-state index is -0.368. The number of thiophene rings is 1. The zero-order valence-corrected chi connectivity index (χ0v) is 8.20. The van der Waals surface area contributed by atoms with E-state index in [4.69, 9.17) is 5.73 Å². The molecular weight excluding hydrogens is 198 g/mol. The smallest absolute Gasteiger partial charge is 0.295 e. The molecule has 0 atom stereocenters. The second-order valence-corrected chi connectivity index (χ2v) is 3.92. The lowest BCUT2D eigenvalue weighted by atomic mass is 10.4. The molecule has 0 fully saturated rings. The van der Waals surface area contributed by atoms with Gasteiger partial charge in [0, 0.05) is 11.1 Å². The molecule has 2 N–H and O–H groups in total. The van der Waals surface area contributed by atoms with E-state index in [0.717, 1.165) is 0 Å². The minimum Gasteiger partial charge on any atom is -0.393 e. The van der Waals surface area contributed by atoms with E-state index >= 15 is 0 Å². The fraction of sp³-hybridized carbons (Fsp3) is 0.111. The number of nitrogen functional groups attached to an aromatic ring is 1. The zero-order valence-electron chi connectivity index (χ0n) is 7.38. The Morgan fingerprint density at radius 3 is 3.07 bits per heavy atom. The number of nitrogens with two attached hydrogens (primary N) is 1. The van der Waals surface area contributed by atoms with Gasteiger partial charge in [-0.3, -0.25) is 4.79 Å². The van der Waals surface area contributed by atoms with E-state index in [2.05, 4.69) is 4.98 Å². The first-order valence-corrected chi connectivity index (χ1v) is 4.97. The van der Waals surface area contributed by atoms with Gasteiger partial charge in [0.2, 0.25) is 0 Å². The first-order valence-electron chi connectivity index (χ1n) is 4.09. The minimum absolute atomic E-state index is 0.184. The van der Waals surface area contributed by atoms with Gasteiger partial charge >= 0.3 is 0 Å². The molecule has 0 aliphatic carbocycles. The normalized spacial score (nSPS) is 10.3. The van der Waals surface area contributed by atoms with Gasteiger partial charge in [0.1, 0.15) is 5.69 Å². The summed E-state index contributed by atoms with van der Waals surface area (Å²) >= 11 is 1.66. The molecule has 0 bridgehead atoms. The van der Waals surface area contributed by atoms with E-state index in [-0.39, 0.29) is 11.2 Å². The van der Waals surface area contributed by atoms with Crippen LogP contribution in [0.5, 0.6) is 0 Å². The number of rotatable bonds is 2. The standard InChI is InChI=1S/C9H9N3OS/c10-8-5-12(6-11-9(8)13)4-7-2-1-3-14-7/h1-3,5-6H,4,10H2. The maximum Gasteiger partial charge on any atom is 0.295 e. The molecule has 5 heteroatoms. The number of hydrogen-bond donors (Lipinski definition) is 1. The van der Waals surface area contributed by atoms with E-state index in [9.17, 15) is 4.79 Å². The molecule has 14 heavy (non-hydrogen) atoms. The van der Waals surface area contributed by atoms with Crippen LogP contribution in [0.15, 0.2) is 34.8 Å². The van der Waals surface area contributed by atoms with Crippen molar-refractivity contribution in [3.05, 3.63) is 45.3 Å². The Balaban J connectivity index is 2.26. The predicted molar refractivity (Wildman–Crippen MR) is 56.3 cm³/mol. The van der Waals surface area contributed by atoms with Crippen LogP contribution in [-0.4, -0.2) is 9.55 Å². The zero-order chi connectivity index (χ0) is 9.97. The Morgan fingerprint density at radius 2 is 2.43 bits per heavy atom. The maximum atomic E-state index is 10.9. The summed E-state index contributed by atoms with van der Waals surface area (Å²) in [5.74, 6) is 0. The largest absolute Gasteiger partial charge is 0.393 e. The van der Waals surface area contributed by atoms with E-state index < -0.39 is 0 Å². The third-order valence-corrected chi connectivity index (χ3v) is 2.65. The van der Waals surface area contributed by atoms with Gasteiger partial charge in [-0.05, 0) is 11.4 Å². The van der Waals surface area contributed by atoms with Gasteiger partial charge in [0.15, 0.2) is 0 Å². The fourth-order valence-electron chi connectivity index (χ4n) is 1.14. The topological polar surface area (TPSA) is 60.9 Å². The molecule has 0 aliphatic rings. The Morgan fingerprint density at radius 1 is 1.57 bits per heavy atom. The van der Waals surface area contributed by atoms with E-state index in [1.807, 2.05) is 17.5 Å². The van der Waals surface area contributed by atoms with Gasteiger partial charge in [0.25, 0.3) is 5.56 Å². The van der Waals surface area contributed by atoms with Crippen molar-refractivity contribution in [2.24, 2.45) is 0 Å². The van der Waals surface area contributed by atoms with Crippen molar-refractivity contribution >= 4 is 17.0 Å². The van der Waals surface area contributed by atoms with Gasteiger partial charge in [-0.1, -0.05) is 6.07 Å². The second-order valence-electron chi connectivity index (χ2n) is 2.89. The molecule has 0 amide bonds. The number of nitrogens with zero attached hydrogens (tertiary/aromatic N) is 2. The highest BCUT2D eigenvalue weighted by atomic mass is 32.1. The lowest BCUT2D eigenvalue weighted by molar-refractivity contribution is 0.773. The summed E-state index contributed by atoms with van der Waals surface area (Å²) < 4.78 is 1.79. The molecule has 2 aromatic rings. The summed E-state index contributed by atoms with van der Waals surface area (Å²) in [7, 11) is 0.